The molecule has 0 saturated carbocycles. The van der Waals surface area contributed by atoms with Gasteiger partial charge in [-0.2, -0.15) is 0 Å². The van der Waals surface area contributed by atoms with Crippen LogP contribution in [0.1, 0.15) is 6.42 Å². The van der Waals surface area contributed by atoms with Crippen LogP contribution in [0.25, 0.3) is 0 Å². The molecule has 7 nitrogen and oxygen atoms in total. The first-order valence-electron chi connectivity index (χ1n) is 6.05. The molecule has 1 saturated heterocycles. The number of anilines is 1. The third-order valence-electron chi connectivity index (χ3n) is 2.95. The van der Waals surface area contributed by atoms with Gasteiger partial charge < -0.3 is 10.0 Å². The second-order valence-corrected chi connectivity index (χ2v) is 5.13. The van der Waals surface area contributed by atoms with Crippen LogP contribution in [-0.4, -0.2) is 64.6 Å². The predicted molar refractivity (Wildman–Crippen MR) is 71.4 cm³/mol. The fraction of sp³-hybridized carbons (Fsp3) is 0.545. The topological polar surface area (TPSA) is 85.8 Å². The molecule has 0 bridgehead atoms. The Morgan fingerprint density at radius 1 is 1.37 bits per heavy atom. The maximum absolute atomic E-state index is 11.9. The number of hydrogen-bond donors (Lipinski definition) is 2. The van der Waals surface area contributed by atoms with Gasteiger partial charge in [-0.3, -0.25) is 15.0 Å². The summed E-state index contributed by atoms with van der Waals surface area (Å²) in [6, 6.07) is -0.146. The Morgan fingerprint density at radius 2 is 2.11 bits per heavy atom. The monoisotopic (exact) mass is 284 g/mol. The van der Waals surface area contributed by atoms with E-state index >= 15 is 0 Å². The minimum Gasteiger partial charge on any atom is -0.481 e. The van der Waals surface area contributed by atoms with Crippen molar-refractivity contribution in [3.05, 3.63) is 11.6 Å². The highest BCUT2D eigenvalue weighted by Crippen LogP contribution is 2.12. The van der Waals surface area contributed by atoms with Crippen LogP contribution in [0.2, 0.25) is 0 Å². The Bertz CT molecular complexity index is 429. The number of carbonyl (C=O) groups is 2. The van der Waals surface area contributed by atoms with Gasteiger partial charge in [0.2, 0.25) is 0 Å². The van der Waals surface area contributed by atoms with Crippen LogP contribution >= 0.6 is 11.3 Å². The van der Waals surface area contributed by atoms with Gasteiger partial charge in [0.25, 0.3) is 0 Å². The first-order chi connectivity index (χ1) is 9.15. The van der Waals surface area contributed by atoms with Crippen molar-refractivity contribution in [3.63, 3.8) is 0 Å². The summed E-state index contributed by atoms with van der Waals surface area (Å²) >= 11 is 1.38. The van der Waals surface area contributed by atoms with Crippen LogP contribution in [-0.2, 0) is 4.79 Å². The number of nitrogens with zero attached hydrogens (tertiary/aromatic N) is 3. The number of aromatic nitrogens is 1. The average molecular weight is 284 g/mol. The van der Waals surface area contributed by atoms with Crippen LogP contribution in [0.15, 0.2) is 11.6 Å². The highest BCUT2D eigenvalue weighted by molar-refractivity contribution is 7.13. The van der Waals surface area contributed by atoms with E-state index in [-0.39, 0.29) is 12.5 Å². The van der Waals surface area contributed by atoms with E-state index in [4.69, 9.17) is 5.11 Å². The molecule has 1 aliphatic heterocycles. The summed E-state index contributed by atoms with van der Waals surface area (Å²) in [7, 11) is 0. The average Bonchev–Trinajstić information content (AvgIpc) is 2.89. The van der Waals surface area contributed by atoms with Crippen molar-refractivity contribution >= 4 is 28.5 Å². The molecular formula is C11H16N4O3S. The molecule has 2 amide bonds. The summed E-state index contributed by atoms with van der Waals surface area (Å²) in [4.78, 5) is 30.2. The zero-order valence-electron chi connectivity index (χ0n) is 10.4. The lowest BCUT2D eigenvalue weighted by atomic mass is 10.3. The Morgan fingerprint density at radius 3 is 2.68 bits per heavy atom. The summed E-state index contributed by atoms with van der Waals surface area (Å²) in [5.41, 5.74) is 0. The molecule has 2 rings (SSSR count). The molecule has 19 heavy (non-hydrogen) atoms. The molecule has 1 aliphatic rings. The number of urea groups is 1. The summed E-state index contributed by atoms with van der Waals surface area (Å²) in [5.74, 6) is -0.788. The van der Waals surface area contributed by atoms with Gasteiger partial charge in [-0.25, -0.2) is 9.78 Å². The lowest BCUT2D eigenvalue weighted by Gasteiger charge is -2.34. The number of thiazole rings is 1. The van der Waals surface area contributed by atoms with Crippen LogP contribution in [0, 0.1) is 0 Å². The maximum atomic E-state index is 11.9. The predicted octanol–water partition coefficient (Wildman–Crippen LogP) is 0.767. The Hall–Kier alpha value is -1.67. The first kappa shape index (κ1) is 13.8. The molecule has 8 heteroatoms. The fourth-order valence-electron chi connectivity index (χ4n) is 1.88. The molecule has 1 aromatic heterocycles. The minimum atomic E-state index is -0.788. The van der Waals surface area contributed by atoms with Crippen LogP contribution in [0.4, 0.5) is 9.93 Å². The molecule has 0 unspecified atom stereocenters. The molecule has 0 aromatic carbocycles. The van der Waals surface area contributed by atoms with Gasteiger partial charge in [-0.1, -0.05) is 0 Å². The van der Waals surface area contributed by atoms with E-state index in [0.29, 0.717) is 37.9 Å². The van der Waals surface area contributed by atoms with Gasteiger partial charge in [-0.05, 0) is 0 Å². The first-order valence-corrected chi connectivity index (χ1v) is 6.92. The van der Waals surface area contributed by atoms with Crippen molar-refractivity contribution in [2.75, 3.05) is 38.0 Å². The van der Waals surface area contributed by atoms with Crippen molar-refractivity contribution in [1.82, 2.24) is 14.8 Å². The second-order valence-electron chi connectivity index (χ2n) is 4.24. The van der Waals surface area contributed by atoms with Gasteiger partial charge in [0.05, 0.1) is 6.42 Å². The van der Waals surface area contributed by atoms with Crippen molar-refractivity contribution in [1.29, 1.82) is 0 Å². The number of carboxylic acid groups (broad SMARTS) is 1. The molecule has 0 aliphatic carbocycles. The van der Waals surface area contributed by atoms with Gasteiger partial charge in [0.15, 0.2) is 5.13 Å². The number of amides is 2. The molecule has 0 spiro atoms. The number of piperazine rings is 1. The highest BCUT2D eigenvalue weighted by Gasteiger charge is 2.21. The largest absolute Gasteiger partial charge is 0.481 e. The third-order valence-corrected chi connectivity index (χ3v) is 3.64. The minimum absolute atomic E-state index is 0.144. The third kappa shape index (κ3) is 4.18. The second kappa shape index (κ2) is 6.48. The maximum Gasteiger partial charge on any atom is 0.323 e. The Labute approximate surface area is 114 Å². The van der Waals surface area contributed by atoms with Crippen LogP contribution in [0.5, 0.6) is 0 Å². The molecular weight excluding hydrogens is 268 g/mol. The number of carboxylic acids is 1. The smallest absolute Gasteiger partial charge is 0.323 e. The number of hydrogen-bond acceptors (Lipinski definition) is 5. The van der Waals surface area contributed by atoms with Gasteiger partial charge in [-0.15, -0.1) is 11.3 Å². The van der Waals surface area contributed by atoms with E-state index in [0.717, 1.165) is 0 Å². The van der Waals surface area contributed by atoms with E-state index in [1.807, 2.05) is 0 Å². The van der Waals surface area contributed by atoms with Crippen LogP contribution < -0.4 is 5.32 Å². The fourth-order valence-corrected chi connectivity index (χ4v) is 2.40. The lowest BCUT2D eigenvalue weighted by Crippen LogP contribution is -2.50. The van der Waals surface area contributed by atoms with Crippen molar-refractivity contribution < 1.29 is 14.7 Å². The van der Waals surface area contributed by atoms with E-state index in [9.17, 15) is 9.59 Å². The normalized spacial score (nSPS) is 16.3. The molecule has 2 N–H and O–H groups in total. The van der Waals surface area contributed by atoms with Gasteiger partial charge >= 0.3 is 12.0 Å². The van der Waals surface area contributed by atoms with E-state index in [1.54, 1.807) is 16.5 Å². The zero-order chi connectivity index (χ0) is 13.7. The standard InChI is InChI=1S/C11H16N4O3S/c16-9(17)1-3-14-4-6-15(7-5-14)11(18)13-10-12-2-8-19-10/h2,8H,1,3-7H2,(H,16,17)(H,12,13,18). The van der Waals surface area contributed by atoms with Crippen molar-refractivity contribution in [2.45, 2.75) is 6.42 Å². The molecule has 0 radical (unpaired) electrons. The molecule has 2 heterocycles. The summed E-state index contributed by atoms with van der Waals surface area (Å²) in [6.07, 6.45) is 1.79. The van der Waals surface area contributed by atoms with Gasteiger partial charge in [0.1, 0.15) is 0 Å². The van der Waals surface area contributed by atoms with Gasteiger partial charge in [0, 0.05) is 44.3 Å². The zero-order valence-corrected chi connectivity index (χ0v) is 11.2. The number of nitrogens with one attached hydrogen (secondary N) is 1. The number of rotatable bonds is 4. The SMILES string of the molecule is O=C(O)CCN1CCN(C(=O)Nc2nccs2)CC1. The Balaban J connectivity index is 1.73. The molecule has 0 atom stereocenters. The quantitative estimate of drug-likeness (QED) is 0.853. The van der Waals surface area contributed by atoms with E-state index in [2.05, 4.69) is 15.2 Å². The number of carbonyl (C=O) groups excluding carboxylic acids is 1. The molecule has 1 aromatic rings. The Kier molecular flexibility index (Phi) is 4.69. The van der Waals surface area contributed by atoms with E-state index < -0.39 is 5.97 Å². The lowest BCUT2D eigenvalue weighted by molar-refractivity contribution is -0.137. The molecule has 1 fully saturated rings. The summed E-state index contributed by atoms with van der Waals surface area (Å²) < 4.78 is 0. The highest BCUT2D eigenvalue weighted by atomic mass is 32.1. The molecule has 104 valence electrons. The van der Waals surface area contributed by atoms with Crippen molar-refractivity contribution in [2.24, 2.45) is 0 Å². The number of aliphatic carboxylic acids is 1. The summed E-state index contributed by atoms with van der Waals surface area (Å²) in [5, 5.41) is 13.8. The summed E-state index contributed by atoms with van der Waals surface area (Å²) in [6.45, 7) is 3.17. The van der Waals surface area contributed by atoms with Crippen molar-refractivity contribution in [3.8, 4) is 0 Å². The van der Waals surface area contributed by atoms with E-state index in [1.165, 1.54) is 11.3 Å². The van der Waals surface area contributed by atoms with Crippen LogP contribution in [0.3, 0.4) is 0 Å².